The summed E-state index contributed by atoms with van der Waals surface area (Å²) in [6.07, 6.45) is 5.18. The van der Waals surface area contributed by atoms with E-state index in [0.717, 1.165) is 0 Å². The van der Waals surface area contributed by atoms with Crippen molar-refractivity contribution in [3.8, 4) is 11.5 Å². The van der Waals surface area contributed by atoms with Crippen LogP contribution in [0, 0.1) is 0 Å². The molecular formula is C22H28N8O6S. The summed E-state index contributed by atoms with van der Waals surface area (Å²) < 4.78 is 37.5. The Morgan fingerprint density at radius 2 is 1.86 bits per heavy atom. The lowest BCUT2D eigenvalue weighted by molar-refractivity contribution is 0.102. The van der Waals surface area contributed by atoms with Gasteiger partial charge in [-0.15, -0.1) is 0 Å². The maximum absolute atomic E-state index is 13.1. The van der Waals surface area contributed by atoms with Gasteiger partial charge in [0.05, 0.1) is 30.0 Å². The van der Waals surface area contributed by atoms with Crippen LogP contribution in [0.15, 0.2) is 29.6 Å². The molecule has 0 unspecified atom stereocenters. The number of benzene rings is 1. The zero-order valence-corrected chi connectivity index (χ0v) is 21.5. The van der Waals surface area contributed by atoms with E-state index in [0.29, 0.717) is 32.7 Å². The third-order valence-electron chi connectivity index (χ3n) is 6.02. The van der Waals surface area contributed by atoms with Crippen LogP contribution in [0.1, 0.15) is 10.4 Å². The van der Waals surface area contributed by atoms with Gasteiger partial charge in [-0.05, 0) is 0 Å². The molecule has 1 saturated heterocycles. The Morgan fingerprint density at radius 3 is 2.49 bits per heavy atom. The van der Waals surface area contributed by atoms with Crippen LogP contribution >= 0.6 is 0 Å². The predicted molar refractivity (Wildman–Crippen MR) is 136 cm³/mol. The Balaban J connectivity index is 1.56. The highest BCUT2D eigenvalue weighted by Gasteiger charge is 2.24. The minimum Gasteiger partial charge on any atom is -0.491 e. The smallest absolute Gasteiger partial charge is 0.264 e. The second kappa shape index (κ2) is 10.7. The maximum atomic E-state index is 13.1. The molecule has 1 amide bonds. The second-order valence-electron chi connectivity index (χ2n) is 8.45. The zero-order valence-electron chi connectivity index (χ0n) is 20.7. The highest BCUT2D eigenvalue weighted by molar-refractivity contribution is 7.88. The highest BCUT2D eigenvalue weighted by atomic mass is 32.2. The molecule has 3 aromatic rings. The number of methoxy groups -OCH3 is 1. The van der Waals surface area contributed by atoms with Gasteiger partial charge in [-0.2, -0.15) is 4.31 Å². The molecule has 1 aliphatic rings. The average molecular weight is 533 g/mol. The van der Waals surface area contributed by atoms with Crippen LogP contribution < -0.4 is 26.1 Å². The third kappa shape index (κ3) is 5.63. The summed E-state index contributed by atoms with van der Waals surface area (Å²) in [5.74, 6) is -0.0817. The maximum Gasteiger partial charge on any atom is 0.264 e. The lowest BCUT2D eigenvalue weighted by Gasteiger charge is -2.33. The lowest BCUT2D eigenvalue weighted by atomic mass is 10.1. The first kappa shape index (κ1) is 26.2. The minimum atomic E-state index is -3.20. The Morgan fingerprint density at radius 1 is 1.19 bits per heavy atom. The Kier molecular flexibility index (Phi) is 7.56. The van der Waals surface area contributed by atoms with E-state index in [1.165, 1.54) is 54.1 Å². The molecule has 3 heterocycles. The number of rotatable bonds is 8. The SMILES string of the molecule is COc1c(OCCN2CCN(S(C)(=O)=O)CC2)cc(N)c2c(=O)n(C)c(NC(=O)c3cncnc3)nc12. The number of aromatic nitrogens is 4. The van der Waals surface area contributed by atoms with Crippen molar-refractivity contribution in [3.63, 3.8) is 0 Å². The van der Waals surface area contributed by atoms with Gasteiger partial charge >= 0.3 is 0 Å². The van der Waals surface area contributed by atoms with E-state index in [9.17, 15) is 18.0 Å². The van der Waals surface area contributed by atoms with Gasteiger partial charge in [0.2, 0.25) is 16.0 Å². The number of nitrogens with zero attached hydrogens (tertiary/aromatic N) is 6. The number of carbonyl (C=O) groups is 1. The summed E-state index contributed by atoms with van der Waals surface area (Å²) in [4.78, 5) is 39.9. The van der Waals surface area contributed by atoms with Crippen LogP contribution in [0.5, 0.6) is 11.5 Å². The average Bonchev–Trinajstić information content (AvgIpc) is 2.87. The summed E-state index contributed by atoms with van der Waals surface area (Å²) in [5, 5.41) is 2.72. The van der Waals surface area contributed by atoms with E-state index in [4.69, 9.17) is 15.2 Å². The number of amides is 1. The molecule has 0 spiro atoms. The van der Waals surface area contributed by atoms with Crippen LogP contribution in [0.25, 0.3) is 10.9 Å². The number of nitrogens with two attached hydrogens (primary N) is 1. The summed E-state index contributed by atoms with van der Waals surface area (Å²) >= 11 is 0. The summed E-state index contributed by atoms with van der Waals surface area (Å²) in [5.41, 5.74) is 6.20. The fourth-order valence-electron chi connectivity index (χ4n) is 4.00. The molecule has 37 heavy (non-hydrogen) atoms. The van der Waals surface area contributed by atoms with Crippen molar-refractivity contribution in [2.75, 3.05) is 63.7 Å². The van der Waals surface area contributed by atoms with Gasteiger partial charge in [0.25, 0.3) is 11.5 Å². The summed E-state index contributed by atoms with van der Waals surface area (Å²) in [7, 11) is -0.321. The number of nitrogens with one attached hydrogen (secondary N) is 1. The molecule has 1 aliphatic heterocycles. The molecule has 0 atom stereocenters. The number of fused-ring (bicyclic) bond motifs is 1. The number of nitrogen functional groups attached to an aromatic ring is 1. The number of hydrogen-bond donors (Lipinski definition) is 2. The topological polar surface area (TPSA) is 175 Å². The summed E-state index contributed by atoms with van der Waals surface area (Å²) in [6.45, 7) is 2.82. The van der Waals surface area contributed by atoms with Gasteiger partial charge in [0, 0.05) is 58.2 Å². The van der Waals surface area contributed by atoms with Crippen LogP contribution in [-0.2, 0) is 17.1 Å². The molecule has 2 aromatic heterocycles. The minimum absolute atomic E-state index is 0.0232. The predicted octanol–water partition coefficient (Wildman–Crippen LogP) is -0.477. The Bertz CT molecular complexity index is 1470. The molecule has 0 bridgehead atoms. The Labute approximate surface area is 213 Å². The van der Waals surface area contributed by atoms with E-state index in [2.05, 4.69) is 25.2 Å². The van der Waals surface area contributed by atoms with Gasteiger partial charge in [-0.3, -0.25) is 24.4 Å². The molecule has 198 valence electrons. The first-order valence-corrected chi connectivity index (χ1v) is 13.2. The third-order valence-corrected chi connectivity index (χ3v) is 7.33. The van der Waals surface area contributed by atoms with Gasteiger partial charge in [0.15, 0.2) is 11.5 Å². The number of sulfonamides is 1. The van der Waals surface area contributed by atoms with Crippen molar-refractivity contribution in [2.24, 2.45) is 7.05 Å². The number of hydrogen-bond acceptors (Lipinski definition) is 11. The number of carbonyl (C=O) groups excluding carboxylic acids is 1. The van der Waals surface area contributed by atoms with E-state index in [1.54, 1.807) is 0 Å². The van der Waals surface area contributed by atoms with Crippen LogP contribution in [-0.4, -0.2) is 95.7 Å². The normalized spacial score (nSPS) is 15.0. The number of piperazine rings is 1. The van der Waals surface area contributed by atoms with Crippen LogP contribution in [0.4, 0.5) is 11.6 Å². The van der Waals surface area contributed by atoms with Gasteiger partial charge in [-0.25, -0.2) is 23.4 Å². The fraction of sp³-hybridized carbons (Fsp3) is 0.409. The molecule has 15 heteroatoms. The van der Waals surface area contributed by atoms with Crippen molar-refractivity contribution in [2.45, 2.75) is 0 Å². The molecular weight excluding hydrogens is 504 g/mol. The van der Waals surface area contributed by atoms with E-state index >= 15 is 0 Å². The van der Waals surface area contributed by atoms with Crippen molar-refractivity contribution < 1.29 is 22.7 Å². The molecule has 4 rings (SSSR count). The van der Waals surface area contributed by atoms with Crippen molar-refractivity contribution in [1.29, 1.82) is 0 Å². The van der Waals surface area contributed by atoms with Gasteiger partial charge in [-0.1, -0.05) is 0 Å². The highest BCUT2D eigenvalue weighted by Crippen LogP contribution is 2.37. The van der Waals surface area contributed by atoms with Crippen molar-refractivity contribution in [3.05, 3.63) is 40.7 Å². The van der Waals surface area contributed by atoms with Crippen molar-refractivity contribution in [1.82, 2.24) is 28.7 Å². The van der Waals surface area contributed by atoms with Crippen LogP contribution in [0.3, 0.4) is 0 Å². The molecule has 0 saturated carbocycles. The van der Waals surface area contributed by atoms with E-state index in [-0.39, 0.29) is 46.2 Å². The molecule has 0 radical (unpaired) electrons. The quantitative estimate of drug-likeness (QED) is 0.359. The largest absolute Gasteiger partial charge is 0.491 e. The number of ether oxygens (including phenoxy) is 2. The second-order valence-corrected chi connectivity index (χ2v) is 10.4. The Hall–Kier alpha value is -3.82. The number of anilines is 2. The monoisotopic (exact) mass is 532 g/mol. The van der Waals surface area contributed by atoms with E-state index in [1.807, 2.05) is 0 Å². The van der Waals surface area contributed by atoms with Gasteiger partial charge in [0.1, 0.15) is 18.5 Å². The van der Waals surface area contributed by atoms with E-state index < -0.39 is 21.5 Å². The van der Waals surface area contributed by atoms with Gasteiger partial charge < -0.3 is 15.2 Å². The zero-order chi connectivity index (χ0) is 26.7. The first-order chi connectivity index (χ1) is 17.6. The fourth-order valence-corrected chi connectivity index (χ4v) is 4.82. The summed E-state index contributed by atoms with van der Waals surface area (Å²) in [6, 6.07) is 1.51. The molecule has 1 aromatic carbocycles. The first-order valence-electron chi connectivity index (χ1n) is 11.3. The molecule has 3 N–H and O–H groups in total. The molecule has 14 nitrogen and oxygen atoms in total. The van der Waals surface area contributed by atoms with Crippen molar-refractivity contribution >= 4 is 38.5 Å². The molecule has 0 aliphatic carbocycles. The lowest BCUT2D eigenvalue weighted by Crippen LogP contribution is -2.49. The molecule has 1 fully saturated rings. The van der Waals surface area contributed by atoms with Crippen LogP contribution in [0.2, 0.25) is 0 Å². The standard InChI is InChI=1S/C22H28N8O6S/c1-28-21(32)17-15(23)10-16(36-9-8-29-4-6-30(7-5-29)37(3,33)34)19(35-2)18(17)26-22(28)27-20(31)14-11-24-13-25-12-14/h10-13H,4-9,23H2,1-3H3,(H,26,27,31).